The van der Waals surface area contributed by atoms with Gasteiger partial charge in [0.05, 0.1) is 23.6 Å². The summed E-state index contributed by atoms with van der Waals surface area (Å²) in [4.78, 5) is 15.5. The van der Waals surface area contributed by atoms with Gasteiger partial charge in [-0.1, -0.05) is 29.8 Å². The van der Waals surface area contributed by atoms with Crippen molar-refractivity contribution in [1.82, 2.24) is 19.5 Å². The van der Waals surface area contributed by atoms with Crippen LogP contribution in [0.15, 0.2) is 79.1 Å². The number of hydrogen-bond acceptors (Lipinski definition) is 6. The first-order valence-electron chi connectivity index (χ1n) is 10.8. The molecule has 0 unspecified atom stereocenters. The second kappa shape index (κ2) is 9.00. The van der Waals surface area contributed by atoms with Gasteiger partial charge in [0.1, 0.15) is 17.1 Å². The van der Waals surface area contributed by atoms with Gasteiger partial charge >= 0.3 is 0 Å². The molecule has 0 spiro atoms. The van der Waals surface area contributed by atoms with E-state index in [0.717, 1.165) is 33.3 Å². The van der Waals surface area contributed by atoms with E-state index >= 15 is 0 Å². The number of para-hydroxylation sites is 2. The van der Waals surface area contributed by atoms with E-state index in [4.69, 9.17) is 9.72 Å². The fraction of sp³-hybridized carbons (Fsp3) is 0.0741. The maximum atomic E-state index is 10.1. The summed E-state index contributed by atoms with van der Waals surface area (Å²) in [6.45, 7) is 0. The number of fused-ring (bicyclic) bond motifs is 4. The number of ether oxygens (including phenoxy) is 1. The van der Waals surface area contributed by atoms with Crippen molar-refractivity contribution in [1.29, 1.82) is 0 Å². The zero-order valence-corrected chi connectivity index (χ0v) is 21.2. The van der Waals surface area contributed by atoms with Crippen molar-refractivity contribution in [2.45, 2.75) is 0 Å². The summed E-state index contributed by atoms with van der Waals surface area (Å²) in [5.41, 5.74) is 3.89. The predicted octanol–water partition coefficient (Wildman–Crippen LogP) is 5.48. The summed E-state index contributed by atoms with van der Waals surface area (Å²) in [6, 6.07) is 24.6. The van der Waals surface area contributed by atoms with E-state index in [-0.39, 0.29) is 32.7 Å². The smallest absolute Gasteiger partial charge is 0.236 e. The Morgan fingerprint density at radius 3 is 2.54 bits per heavy atom. The van der Waals surface area contributed by atoms with Gasteiger partial charge in [-0.3, -0.25) is 0 Å². The van der Waals surface area contributed by atoms with Gasteiger partial charge < -0.3 is 19.3 Å². The van der Waals surface area contributed by atoms with Crippen molar-refractivity contribution in [3.8, 4) is 23.2 Å². The normalized spacial score (nSPS) is 11.0. The summed E-state index contributed by atoms with van der Waals surface area (Å²) in [5, 5.41) is 12.3. The Bertz CT molecular complexity index is 1680. The Morgan fingerprint density at radius 1 is 0.886 bits per heavy atom. The van der Waals surface area contributed by atoms with Gasteiger partial charge in [0, 0.05) is 46.4 Å². The average molecular weight is 642 g/mol. The zero-order chi connectivity index (χ0) is 23.2. The molecule has 7 nitrogen and oxygen atoms in total. The molecule has 6 rings (SSSR count). The number of rotatable bonds is 4. The van der Waals surface area contributed by atoms with Crippen LogP contribution in [-0.4, -0.2) is 38.7 Å². The van der Waals surface area contributed by atoms with E-state index < -0.39 is 0 Å². The Morgan fingerprint density at radius 2 is 1.74 bits per heavy atom. The number of phenolic OH excluding ortho intramolecular Hbond substituents is 1. The molecule has 3 aromatic carbocycles. The van der Waals surface area contributed by atoms with Crippen LogP contribution in [0, 0.1) is 6.07 Å². The monoisotopic (exact) mass is 641 g/mol. The van der Waals surface area contributed by atoms with E-state index in [9.17, 15) is 5.11 Å². The maximum absolute atomic E-state index is 10.1. The molecule has 8 heteroatoms. The third-order valence-corrected chi connectivity index (χ3v) is 5.78. The number of hydrogen-bond donors (Lipinski definition) is 1. The van der Waals surface area contributed by atoms with Crippen molar-refractivity contribution in [3.05, 3.63) is 85.2 Å². The van der Waals surface area contributed by atoms with Gasteiger partial charge in [0.15, 0.2) is 0 Å². The average Bonchev–Trinajstić information content (AvgIpc) is 3.18. The summed E-state index contributed by atoms with van der Waals surface area (Å²) < 4.78 is 8.08. The van der Waals surface area contributed by atoms with Crippen LogP contribution in [0.25, 0.3) is 38.7 Å². The van der Waals surface area contributed by atoms with Crippen molar-refractivity contribution in [2.24, 2.45) is 0 Å². The first kappa shape index (κ1) is 22.8. The topological polar surface area (TPSA) is 76.3 Å². The molecule has 0 aliphatic heterocycles. The first-order chi connectivity index (χ1) is 16.6. The molecule has 0 amide bonds. The SMILES string of the molecule is CN(C)c1ccc(-n2c3[c-]c(Oc4cnc5cccc(O)c5n4)ccc3c3ccccc32)nc1.[Pt]. The Labute approximate surface area is 215 Å². The van der Waals surface area contributed by atoms with Crippen molar-refractivity contribution >= 4 is 38.5 Å². The fourth-order valence-corrected chi connectivity index (χ4v) is 4.11. The van der Waals surface area contributed by atoms with Gasteiger partial charge in [-0.2, -0.15) is 6.07 Å². The van der Waals surface area contributed by atoms with Crippen LogP contribution >= 0.6 is 0 Å². The standard InChI is InChI=1S/C27H20N5O2.Pt/c1-31(2)17-10-13-25(29-15-17)32-22-8-4-3-6-19(22)20-12-11-18(14-23(20)32)34-26-16-28-21-7-5-9-24(33)27(21)30-26;/h3-13,15-16,33H,1-2H3;/q-1;. The van der Waals surface area contributed by atoms with Crippen molar-refractivity contribution in [2.75, 3.05) is 19.0 Å². The van der Waals surface area contributed by atoms with Crippen LogP contribution in [0.2, 0.25) is 0 Å². The molecule has 0 aliphatic carbocycles. The predicted molar refractivity (Wildman–Crippen MR) is 133 cm³/mol. The maximum Gasteiger partial charge on any atom is 0.236 e. The van der Waals surface area contributed by atoms with Gasteiger partial charge in [0.25, 0.3) is 0 Å². The number of phenols is 1. The van der Waals surface area contributed by atoms with Crippen LogP contribution < -0.4 is 9.64 Å². The third-order valence-electron chi connectivity index (χ3n) is 5.78. The minimum Gasteiger partial charge on any atom is -0.506 e. The van der Waals surface area contributed by atoms with Gasteiger partial charge in [-0.25, -0.2) is 15.0 Å². The molecule has 0 saturated carbocycles. The van der Waals surface area contributed by atoms with E-state index in [0.29, 0.717) is 16.8 Å². The van der Waals surface area contributed by atoms with E-state index in [1.54, 1.807) is 18.2 Å². The number of aromatic nitrogens is 4. The molecule has 1 N–H and O–H groups in total. The largest absolute Gasteiger partial charge is 0.506 e. The summed E-state index contributed by atoms with van der Waals surface area (Å²) >= 11 is 0. The van der Waals surface area contributed by atoms with Gasteiger partial charge in [-0.05, 0) is 35.7 Å². The summed E-state index contributed by atoms with van der Waals surface area (Å²) in [6.07, 6.45) is 3.39. The minimum absolute atomic E-state index is 0. The van der Waals surface area contributed by atoms with Gasteiger partial charge in [0.2, 0.25) is 5.88 Å². The van der Waals surface area contributed by atoms with E-state index in [1.807, 2.05) is 61.6 Å². The molecule has 3 aromatic heterocycles. The number of nitrogens with zero attached hydrogens (tertiary/aromatic N) is 5. The van der Waals surface area contributed by atoms with Crippen LogP contribution in [0.5, 0.6) is 17.4 Å². The summed E-state index contributed by atoms with van der Waals surface area (Å²) in [7, 11) is 3.98. The number of anilines is 1. The molecule has 3 heterocycles. The molecular weight excluding hydrogens is 621 g/mol. The third kappa shape index (κ3) is 3.98. The Hall–Kier alpha value is -3.96. The van der Waals surface area contributed by atoms with Crippen LogP contribution in [-0.2, 0) is 21.1 Å². The molecular formula is C27H20N5O2Pt-. The van der Waals surface area contributed by atoms with E-state index in [2.05, 4.69) is 32.7 Å². The fourth-order valence-electron chi connectivity index (χ4n) is 4.11. The molecule has 0 saturated heterocycles. The van der Waals surface area contributed by atoms with E-state index in [1.165, 1.54) is 6.20 Å². The van der Waals surface area contributed by atoms with Crippen molar-refractivity contribution in [3.63, 3.8) is 0 Å². The zero-order valence-electron chi connectivity index (χ0n) is 18.9. The van der Waals surface area contributed by atoms with Crippen LogP contribution in [0.4, 0.5) is 5.69 Å². The Kier molecular flexibility index (Phi) is 5.87. The Balaban J connectivity index is 0.00000253. The molecule has 0 radical (unpaired) electrons. The van der Waals surface area contributed by atoms with Crippen LogP contribution in [0.3, 0.4) is 0 Å². The number of pyridine rings is 1. The number of benzene rings is 3. The molecule has 6 aromatic rings. The molecule has 0 fully saturated rings. The van der Waals surface area contributed by atoms with Crippen LogP contribution in [0.1, 0.15) is 0 Å². The minimum atomic E-state index is 0. The first-order valence-corrected chi connectivity index (χ1v) is 10.8. The second-order valence-electron chi connectivity index (χ2n) is 8.16. The second-order valence-corrected chi connectivity index (χ2v) is 8.16. The van der Waals surface area contributed by atoms with Gasteiger partial charge in [-0.15, -0.1) is 17.5 Å². The van der Waals surface area contributed by atoms with Crippen molar-refractivity contribution < 1.29 is 30.9 Å². The summed E-state index contributed by atoms with van der Waals surface area (Å²) in [5.74, 6) is 1.62. The number of aromatic hydroxyl groups is 1. The molecule has 176 valence electrons. The molecule has 35 heavy (non-hydrogen) atoms. The molecule has 0 atom stereocenters. The molecule has 0 bridgehead atoms. The molecule has 0 aliphatic rings. The quantitative estimate of drug-likeness (QED) is 0.257.